The number of phenolic OH excluding ortho intramolecular Hbond substituents is 1. The molecule has 0 bridgehead atoms. The minimum atomic E-state index is -0.590. The van der Waals surface area contributed by atoms with Crippen molar-refractivity contribution < 1.29 is 19.6 Å². The van der Waals surface area contributed by atoms with Crippen LogP contribution >= 0.6 is 0 Å². The van der Waals surface area contributed by atoms with Crippen LogP contribution < -0.4 is 15.5 Å². The van der Waals surface area contributed by atoms with Crippen LogP contribution in [0, 0.1) is 10.1 Å². The van der Waals surface area contributed by atoms with Gasteiger partial charge in [-0.25, -0.2) is 5.43 Å². The SMILES string of the molecule is COc1cccc(NCC(=O)N/N=C/c2cc([N+](=O)[O-])ccc2O)c1. The molecule has 0 fully saturated rings. The Kier molecular flexibility index (Phi) is 5.88. The maximum atomic E-state index is 11.7. The molecule has 130 valence electrons. The molecule has 0 aliphatic carbocycles. The highest BCUT2D eigenvalue weighted by molar-refractivity contribution is 5.86. The van der Waals surface area contributed by atoms with Gasteiger partial charge in [0.15, 0.2) is 0 Å². The van der Waals surface area contributed by atoms with Gasteiger partial charge < -0.3 is 15.2 Å². The molecule has 0 aromatic heterocycles. The Morgan fingerprint density at radius 3 is 2.88 bits per heavy atom. The number of hydrazone groups is 1. The van der Waals surface area contributed by atoms with Crippen molar-refractivity contribution in [1.29, 1.82) is 0 Å². The molecule has 25 heavy (non-hydrogen) atoms. The standard InChI is InChI=1S/C16H16N4O5/c1-25-14-4-2-3-12(8-14)17-10-16(22)19-18-9-11-7-13(20(23)24)5-6-15(11)21/h2-9,17,21H,10H2,1H3,(H,19,22)/b18-9+. The van der Waals surface area contributed by atoms with Gasteiger partial charge in [0.1, 0.15) is 11.5 Å². The molecule has 0 atom stereocenters. The Bertz CT molecular complexity index is 807. The van der Waals surface area contributed by atoms with Crippen molar-refractivity contribution in [2.24, 2.45) is 5.10 Å². The van der Waals surface area contributed by atoms with E-state index in [1.54, 1.807) is 31.4 Å². The van der Waals surface area contributed by atoms with E-state index in [9.17, 15) is 20.0 Å². The first kappa shape index (κ1) is 17.7. The normalized spacial score (nSPS) is 10.4. The number of carbonyl (C=O) groups excluding carboxylic acids is 1. The molecule has 0 unspecified atom stereocenters. The molecule has 1 amide bonds. The molecule has 0 aliphatic heterocycles. The van der Waals surface area contributed by atoms with E-state index in [0.717, 1.165) is 12.3 Å². The van der Waals surface area contributed by atoms with Gasteiger partial charge in [0.05, 0.1) is 24.8 Å². The lowest BCUT2D eigenvalue weighted by atomic mass is 10.2. The summed E-state index contributed by atoms with van der Waals surface area (Å²) in [5.74, 6) is 0.0478. The summed E-state index contributed by atoms with van der Waals surface area (Å²) >= 11 is 0. The van der Waals surface area contributed by atoms with Crippen LogP contribution in [0.5, 0.6) is 11.5 Å². The number of carbonyl (C=O) groups is 1. The maximum Gasteiger partial charge on any atom is 0.270 e. The van der Waals surface area contributed by atoms with Gasteiger partial charge in [0, 0.05) is 29.4 Å². The number of nitrogens with zero attached hydrogens (tertiary/aromatic N) is 2. The fraction of sp³-hybridized carbons (Fsp3) is 0.125. The summed E-state index contributed by atoms with van der Waals surface area (Å²) in [5, 5.41) is 26.9. The summed E-state index contributed by atoms with van der Waals surface area (Å²) in [7, 11) is 1.55. The summed E-state index contributed by atoms with van der Waals surface area (Å²) in [6.45, 7) is -0.0363. The molecule has 9 nitrogen and oxygen atoms in total. The predicted molar refractivity (Wildman–Crippen MR) is 92.0 cm³/mol. The number of amides is 1. The van der Waals surface area contributed by atoms with Crippen LogP contribution in [0.1, 0.15) is 5.56 Å². The van der Waals surface area contributed by atoms with E-state index in [0.29, 0.717) is 11.4 Å². The van der Waals surface area contributed by atoms with Crippen LogP contribution in [0.15, 0.2) is 47.6 Å². The first-order valence-electron chi connectivity index (χ1n) is 7.17. The van der Waals surface area contributed by atoms with Gasteiger partial charge >= 0.3 is 0 Å². The smallest absolute Gasteiger partial charge is 0.270 e. The van der Waals surface area contributed by atoms with Crippen molar-refractivity contribution in [3.8, 4) is 11.5 Å². The number of non-ortho nitro benzene ring substituents is 1. The Hall–Kier alpha value is -3.62. The quantitative estimate of drug-likeness (QED) is 0.400. The number of nitrogens with one attached hydrogen (secondary N) is 2. The van der Waals surface area contributed by atoms with Gasteiger partial charge in [-0.3, -0.25) is 14.9 Å². The molecule has 0 aliphatic rings. The minimum Gasteiger partial charge on any atom is -0.507 e. The number of phenols is 1. The first-order valence-corrected chi connectivity index (χ1v) is 7.17. The summed E-state index contributed by atoms with van der Waals surface area (Å²) in [5.41, 5.74) is 2.90. The third kappa shape index (κ3) is 5.20. The second kappa shape index (κ2) is 8.29. The topological polar surface area (TPSA) is 126 Å². The number of hydrogen-bond acceptors (Lipinski definition) is 7. The molecule has 9 heteroatoms. The van der Waals surface area contributed by atoms with Crippen molar-refractivity contribution in [3.05, 3.63) is 58.1 Å². The van der Waals surface area contributed by atoms with E-state index in [1.807, 2.05) is 0 Å². The van der Waals surface area contributed by atoms with Crippen molar-refractivity contribution >= 4 is 23.5 Å². The Morgan fingerprint density at radius 1 is 1.36 bits per heavy atom. The number of anilines is 1. The van der Waals surface area contributed by atoms with Gasteiger partial charge in [-0.15, -0.1) is 0 Å². The zero-order valence-corrected chi connectivity index (χ0v) is 13.3. The molecule has 0 radical (unpaired) electrons. The molecule has 0 heterocycles. The number of aromatic hydroxyl groups is 1. The highest BCUT2D eigenvalue weighted by atomic mass is 16.6. The number of rotatable bonds is 7. The van der Waals surface area contributed by atoms with Crippen molar-refractivity contribution in [3.63, 3.8) is 0 Å². The fourth-order valence-electron chi connectivity index (χ4n) is 1.89. The molecule has 2 rings (SSSR count). The van der Waals surface area contributed by atoms with Crippen LogP contribution in [-0.4, -0.2) is 35.8 Å². The van der Waals surface area contributed by atoms with Gasteiger partial charge in [-0.05, 0) is 18.2 Å². The molecule has 2 aromatic carbocycles. The van der Waals surface area contributed by atoms with E-state index >= 15 is 0 Å². The summed E-state index contributed by atoms with van der Waals surface area (Å²) in [6.07, 6.45) is 1.13. The van der Waals surface area contributed by atoms with Crippen LogP contribution in [0.4, 0.5) is 11.4 Å². The lowest BCUT2D eigenvalue weighted by Gasteiger charge is -2.07. The van der Waals surface area contributed by atoms with Crippen LogP contribution in [-0.2, 0) is 4.79 Å². The van der Waals surface area contributed by atoms with E-state index < -0.39 is 10.8 Å². The second-order valence-corrected chi connectivity index (χ2v) is 4.88. The average Bonchev–Trinajstić information content (AvgIpc) is 2.61. The van der Waals surface area contributed by atoms with Gasteiger partial charge in [-0.2, -0.15) is 5.10 Å². The lowest BCUT2D eigenvalue weighted by Crippen LogP contribution is -2.25. The Morgan fingerprint density at radius 2 is 2.16 bits per heavy atom. The lowest BCUT2D eigenvalue weighted by molar-refractivity contribution is -0.384. The van der Waals surface area contributed by atoms with Crippen molar-refractivity contribution in [1.82, 2.24) is 5.43 Å². The van der Waals surface area contributed by atoms with Crippen LogP contribution in [0.3, 0.4) is 0 Å². The molecule has 2 aromatic rings. The molecular weight excluding hydrogens is 328 g/mol. The first-order chi connectivity index (χ1) is 12.0. The second-order valence-electron chi connectivity index (χ2n) is 4.88. The fourth-order valence-corrected chi connectivity index (χ4v) is 1.89. The van der Waals surface area contributed by atoms with E-state index in [2.05, 4.69) is 15.8 Å². The molecule has 0 saturated heterocycles. The summed E-state index contributed by atoms with van der Waals surface area (Å²) in [6, 6.07) is 10.6. The van der Waals surface area contributed by atoms with Crippen molar-refractivity contribution in [2.45, 2.75) is 0 Å². The monoisotopic (exact) mass is 344 g/mol. The number of methoxy groups -OCH3 is 1. The van der Waals surface area contributed by atoms with Gasteiger partial charge in [-0.1, -0.05) is 6.07 Å². The predicted octanol–water partition coefficient (Wildman–Crippen LogP) is 1.87. The van der Waals surface area contributed by atoms with Gasteiger partial charge in [0.25, 0.3) is 11.6 Å². The Balaban J connectivity index is 1.90. The maximum absolute atomic E-state index is 11.7. The zero-order chi connectivity index (χ0) is 18.2. The third-order valence-corrected chi connectivity index (χ3v) is 3.14. The third-order valence-electron chi connectivity index (χ3n) is 3.14. The van der Waals surface area contributed by atoms with E-state index in [1.165, 1.54) is 12.1 Å². The number of nitro groups is 1. The van der Waals surface area contributed by atoms with Crippen molar-refractivity contribution in [2.75, 3.05) is 19.0 Å². The molecule has 3 N–H and O–H groups in total. The van der Waals surface area contributed by atoms with Crippen LogP contribution in [0.2, 0.25) is 0 Å². The largest absolute Gasteiger partial charge is 0.507 e. The highest BCUT2D eigenvalue weighted by Crippen LogP contribution is 2.21. The molecule has 0 saturated carbocycles. The highest BCUT2D eigenvalue weighted by Gasteiger charge is 2.09. The number of ether oxygens (including phenoxy) is 1. The van der Waals surface area contributed by atoms with E-state index in [4.69, 9.17) is 4.74 Å². The Labute approximate surface area is 143 Å². The number of hydrogen-bond donors (Lipinski definition) is 3. The molecular formula is C16H16N4O5. The van der Waals surface area contributed by atoms with Gasteiger partial charge in [0.2, 0.25) is 0 Å². The number of benzene rings is 2. The summed E-state index contributed by atoms with van der Waals surface area (Å²) < 4.78 is 5.08. The average molecular weight is 344 g/mol. The van der Waals surface area contributed by atoms with Crippen LogP contribution in [0.25, 0.3) is 0 Å². The zero-order valence-electron chi connectivity index (χ0n) is 13.3. The molecule has 0 spiro atoms. The van der Waals surface area contributed by atoms with E-state index in [-0.39, 0.29) is 23.5 Å². The summed E-state index contributed by atoms with van der Waals surface area (Å²) in [4.78, 5) is 21.8. The number of nitro benzene ring substituents is 1. The minimum absolute atomic E-state index is 0.0363.